The minimum Gasteiger partial charge on any atom is -0.396 e. The molecule has 16 heavy (non-hydrogen) atoms. The van der Waals surface area contributed by atoms with Crippen LogP contribution in [0.1, 0.15) is 44.2 Å². The summed E-state index contributed by atoms with van der Waals surface area (Å²) in [5, 5.41) is 4.13. The van der Waals surface area contributed by atoms with Crippen LogP contribution >= 0.6 is 0 Å². The van der Waals surface area contributed by atoms with Crippen molar-refractivity contribution in [3.05, 3.63) is 11.9 Å². The SMILES string of the molecule is CCN(CC)C(=O)c1c(N)cnn1C(C)C. The summed E-state index contributed by atoms with van der Waals surface area (Å²) in [6.45, 7) is 9.22. The van der Waals surface area contributed by atoms with Gasteiger partial charge in [0.05, 0.1) is 11.9 Å². The Morgan fingerprint density at radius 3 is 2.50 bits per heavy atom. The van der Waals surface area contributed by atoms with Gasteiger partial charge in [0.25, 0.3) is 5.91 Å². The molecule has 0 bridgehead atoms. The third-order valence-corrected chi connectivity index (χ3v) is 2.57. The van der Waals surface area contributed by atoms with Crippen LogP contribution in [-0.2, 0) is 0 Å². The first-order valence-corrected chi connectivity index (χ1v) is 5.65. The lowest BCUT2D eigenvalue weighted by atomic mass is 10.3. The van der Waals surface area contributed by atoms with E-state index in [1.807, 2.05) is 27.7 Å². The van der Waals surface area contributed by atoms with E-state index in [0.717, 1.165) is 0 Å². The second-order valence-electron chi connectivity index (χ2n) is 3.96. The maximum absolute atomic E-state index is 12.2. The Morgan fingerprint density at radius 1 is 1.50 bits per heavy atom. The van der Waals surface area contributed by atoms with Crippen molar-refractivity contribution in [2.24, 2.45) is 0 Å². The number of hydrogen-bond acceptors (Lipinski definition) is 3. The van der Waals surface area contributed by atoms with Gasteiger partial charge in [-0.3, -0.25) is 9.48 Å². The number of aromatic nitrogens is 2. The Morgan fingerprint density at radius 2 is 2.06 bits per heavy atom. The molecule has 1 aromatic rings. The van der Waals surface area contributed by atoms with Crippen LogP contribution in [0.25, 0.3) is 0 Å². The van der Waals surface area contributed by atoms with E-state index in [2.05, 4.69) is 5.10 Å². The van der Waals surface area contributed by atoms with Crippen molar-refractivity contribution < 1.29 is 4.79 Å². The molecule has 0 unspecified atom stereocenters. The summed E-state index contributed by atoms with van der Waals surface area (Å²) in [4.78, 5) is 13.9. The molecule has 0 atom stereocenters. The topological polar surface area (TPSA) is 64.2 Å². The molecule has 1 rings (SSSR count). The predicted molar refractivity (Wildman–Crippen MR) is 64.3 cm³/mol. The van der Waals surface area contributed by atoms with Crippen molar-refractivity contribution in [2.45, 2.75) is 33.7 Å². The standard InChI is InChI=1S/C11H20N4O/c1-5-14(6-2)11(16)10-9(12)7-13-15(10)8(3)4/h7-8H,5-6,12H2,1-4H3. The van der Waals surface area contributed by atoms with E-state index in [1.54, 1.807) is 9.58 Å². The Balaban J connectivity index is 3.11. The van der Waals surface area contributed by atoms with Gasteiger partial charge in [0.15, 0.2) is 0 Å². The number of nitrogens with zero attached hydrogens (tertiary/aromatic N) is 3. The molecule has 0 fully saturated rings. The Bertz CT molecular complexity index is 366. The molecule has 1 heterocycles. The fraction of sp³-hybridized carbons (Fsp3) is 0.636. The first-order valence-electron chi connectivity index (χ1n) is 5.65. The third kappa shape index (κ3) is 2.18. The predicted octanol–water partition coefficient (Wildman–Crippen LogP) is 1.53. The highest BCUT2D eigenvalue weighted by Gasteiger charge is 2.22. The lowest BCUT2D eigenvalue weighted by Gasteiger charge is -2.20. The van der Waals surface area contributed by atoms with Crippen LogP contribution in [0.15, 0.2) is 6.20 Å². The summed E-state index contributed by atoms with van der Waals surface area (Å²) in [5.41, 5.74) is 6.74. The molecule has 0 saturated carbocycles. The minimum absolute atomic E-state index is 0.0475. The van der Waals surface area contributed by atoms with Crippen molar-refractivity contribution in [3.8, 4) is 0 Å². The lowest BCUT2D eigenvalue weighted by Crippen LogP contribution is -2.33. The van der Waals surface area contributed by atoms with Gasteiger partial charge in [0.2, 0.25) is 0 Å². The maximum atomic E-state index is 12.2. The van der Waals surface area contributed by atoms with Gasteiger partial charge < -0.3 is 10.6 Å². The summed E-state index contributed by atoms with van der Waals surface area (Å²) < 4.78 is 1.68. The van der Waals surface area contributed by atoms with Crippen LogP contribution < -0.4 is 5.73 Å². The molecule has 1 amide bonds. The number of hydrogen-bond donors (Lipinski definition) is 1. The molecule has 1 aromatic heterocycles. The molecule has 0 radical (unpaired) electrons. The summed E-state index contributed by atoms with van der Waals surface area (Å²) in [6.07, 6.45) is 1.54. The second-order valence-corrected chi connectivity index (χ2v) is 3.96. The molecular weight excluding hydrogens is 204 g/mol. The maximum Gasteiger partial charge on any atom is 0.274 e. The summed E-state index contributed by atoms with van der Waals surface area (Å²) >= 11 is 0. The number of carbonyl (C=O) groups is 1. The average Bonchev–Trinajstić information content (AvgIpc) is 2.61. The summed E-state index contributed by atoms with van der Waals surface area (Å²) in [6, 6.07) is 0.131. The summed E-state index contributed by atoms with van der Waals surface area (Å²) in [7, 11) is 0. The van der Waals surface area contributed by atoms with Crippen LogP contribution in [0.5, 0.6) is 0 Å². The molecule has 0 spiro atoms. The first-order chi connectivity index (χ1) is 7.52. The van der Waals surface area contributed by atoms with Gasteiger partial charge in [-0.05, 0) is 27.7 Å². The lowest BCUT2D eigenvalue weighted by molar-refractivity contribution is 0.0759. The zero-order valence-corrected chi connectivity index (χ0v) is 10.4. The molecule has 0 saturated heterocycles. The van der Waals surface area contributed by atoms with Gasteiger partial charge in [-0.25, -0.2) is 0 Å². The van der Waals surface area contributed by atoms with E-state index < -0.39 is 0 Å². The molecule has 0 aliphatic rings. The second kappa shape index (κ2) is 5.01. The Kier molecular flexibility index (Phi) is 3.93. The highest BCUT2D eigenvalue weighted by molar-refractivity contribution is 5.97. The largest absolute Gasteiger partial charge is 0.396 e. The molecule has 0 aliphatic carbocycles. The zero-order chi connectivity index (χ0) is 12.3. The van der Waals surface area contributed by atoms with Crippen molar-refractivity contribution in [1.82, 2.24) is 14.7 Å². The normalized spacial score (nSPS) is 10.8. The van der Waals surface area contributed by atoms with Gasteiger partial charge in [-0.2, -0.15) is 5.10 Å². The molecular formula is C11H20N4O. The van der Waals surface area contributed by atoms with Crippen LogP contribution in [0, 0.1) is 0 Å². The van der Waals surface area contributed by atoms with Crippen LogP contribution in [0.3, 0.4) is 0 Å². The third-order valence-electron chi connectivity index (χ3n) is 2.57. The van der Waals surface area contributed by atoms with E-state index in [4.69, 9.17) is 5.73 Å². The van der Waals surface area contributed by atoms with Crippen LogP contribution in [-0.4, -0.2) is 33.7 Å². The quantitative estimate of drug-likeness (QED) is 0.843. The number of nitrogens with two attached hydrogens (primary N) is 1. The fourth-order valence-corrected chi connectivity index (χ4v) is 1.65. The van der Waals surface area contributed by atoms with Crippen molar-refractivity contribution in [2.75, 3.05) is 18.8 Å². The van der Waals surface area contributed by atoms with E-state index in [9.17, 15) is 4.79 Å². The molecule has 0 aliphatic heterocycles. The van der Waals surface area contributed by atoms with Crippen LogP contribution in [0.2, 0.25) is 0 Å². The zero-order valence-electron chi connectivity index (χ0n) is 10.4. The molecule has 5 nitrogen and oxygen atoms in total. The van der Waals surface area contributed by atoms with Gasteiger partial charge in [-0.15, -0.1) is 0 Å². The van der Waals surface area contributed by atoms with E-state index >= 15 is 0 Å². The number of anilines is 1. The van der Waals surface area contributed by atoms with Crippen LogP contribution in [0.4, 0.5) is 5.69 Å². The number of amides is 1. The molecule has 90 valence electrons. The van der Waals surface area contributed by atoms with Gasteiger partial charge >= 0.3 is 0 Å². The van der Waals surface area contributed by atoms with E-state index in [0.29, 0.717) is 24.5 Å². The van der Waals surface area contributed by atoms with Crippen molar-refractivity contribution in [1.29, 1.82) is 0 Å². The fourth-order valence-electron chi connectivity index (χ4n) is 1.65. The van der Waals surface area contributed by atoms with E-state index in [1.165, 1.54) is 6.20 Å². The first kappa shape index (κ1) is 12.5. The molecule has 0 aromatic carbocycles. The summed E-state index contributed by atoms with van der Waals surface area (Å²) in [5.74, 6) is -0.0475. The van der Waals surface area contributed by atoms with Gasteiger partial charge in [0.1, 0.15) is 5.69 Å². The van der Waals surface area contributed by atoms with Crippen molar-refractivity contribution >= 4 is 11.6 Å². The minimum atomic E-state index is -0.0475. The Labute approximate surface area is 96.2 Å². The average molecular weight is 224 g/mol. The monoisotopic (exact) mass is 224 g/mol. The smallest absolute Gasteiger partial charge is 0.274 e. The van der Waals surface area contributed by atoms with Crippen molar-refractivity contribution in [3.63, 3.8) is 0 Å². The number of nitrogen functional groups attached to an aromatic ring is 1. The highest BCUT2D eigenvalue weighted by atomic mass is 16.2. The number of carbonyl (C=O) groups excluding carboxylic acids is 1. The Hall–Kier alpha value is -1.52. The number of rotatable bonds is 4. The van der Waals surface area contributed by atoms with Gasteiger partial charge in [0, 0.05) is 19.1 Å². The molecule has 2 N–H and O–H groups in total. The highest BCUT2D eigenvalue weighted by Crippen LogP contribution is 2.17. The molecule has 5 heteroatoms. The van der Waals surface area contributed by atoms with Gasteiger partial charge in [-0.1, -0.05) is 0 Å². The van der Waals surface area contributed by atoms with E-state index in [-0.39, 0.29) is 11.9 Å².